The van der Waals surface area contributed by atoms with E-state index in [0.29, 0.717) is 0 Å². The highest BCUT2D eigenvalue weighted by Gasteiger charge is 2.19. The quantitative estimate of drug-likeness (QED) is 0.866. The number of anilines is 1. The normalized spacial score (nSPS) is 14.2. The van der Waals surface area contributed by atoms with Gasteiger partial charge in [0.2, 0.25) is 5.13 Å². The Morgan fingerprint density at radius 3 is 2.95 bits per heavy atom. The lowest BCUT2D eigenvalue weighted by molar-refractivity contribution is 0.317. The largest absolute Gasteiger partial charge is 0.494 e. The fourth-order valence-corrected chi connectivity index (χ4v) is 3.13. The standard InChI is InChI=1S/C15H19N3OS/c1-3-8-19-14-5-4-13-10-18(7-6-12(13)9-14)15-17-16-11(2)20-15/h4-5,9H,3,6-8,10H2,1-2H3. The van der Waals surface area contributed by atoms with Gasteiger partial charge in [-0.05, 0) is 43.0 Å². The summed E-state index contributed by atoms with van der Waals surface area (Å²) in [5.74, 6) is 0.991. The van der Waals surface area contributed by atoms with E-state index in [1.54, 1.807) is 11.3 Å². The number of nitrogens with zero attached hydrogens (tertiary/aromatic N) is 3. The van der Waals surface area contributed by atoms with Gasteiger partial charge in [-0.1, -0.05) is 24.3 Å². The minimum atomic E-state index is 0.787. The maximum atomic E-state index is 5.70. The maximum Gasteiger partial charge on any atom is 0.208 e. The molecule has 0 fully saturated rings. The maximum absolute atomic E-state index is 5.70. The summed E-state index contributed by atoms with van der Waals surface area (Å²) >= 11 is 1.66. The average Bonchev–Trinajstić information content (AvgIpc) is 2.91. The Labute approximate surface area is 123 Å². The van der Waals surface area contributed by atoms with Crippen LogP contribution in [0, 0.1) is 6.92 Å². The first-order valence-electron chi connectivity index (χ1n) is 7.06. The van der Waals surface area contributed by atoms with Gasteiger partial charge in [0, 0.05) is 13.1 Å². The lowest BCUT2D eigenvalue weighted by atomic mass is 10.00. The highest BCUT2D eigenvalue weighted by Crippen LogP contribution is 2.28. The van der Waals surface area contributed by atoms with E-state index in [1.807, 2.05) is 6.92 Å². The van der Waals surface area contributed by atoms with Gasteiger partial charge in [0.25, 0.3) is 0 Å². The van der Waals surface area contributed by atoms with Crippen LogP contribution in [0.4, 0.5) is 5.13 Å². The Morgan fingerprint density at radius 2 is 2.20 bits per heavy atom. The van der Waals surface area contributed by atoms with Crippen molar-refractivity contribution in [1.29, 1.82) is 0 Å². The molecule has 3 rings (SSSR count). The molecule has 1 aromatic carbocycles. The smallest absolute Gasteiger partial charge is 0.208 e. The van der Waals surface area contributed by atoms with E-state index in [1.165, 1.54) is 11.1 Å². The van der Waals surface area contributed by atoms with Crippen LogP contribution < -0.4 is 9.64 Å². The Balaban J connectivity index is 1.75. The first-order chi connectivity index (χ1) is 9.76. The third kappa shape index (κ3) is 2.77. The number of ether oxygens (including phenoxy) is 1. The number of hydrogen-bond acceptors (Lipinski definition) is 5. The molecule has 0 bridgehead atoms. The van der Waals surface area contributed by atoms with Gasteiger partial charge in [0.15, 0.2) is 0 Å². The van der Waals surface area contributed by atoms with E-state index in [9.17, 15) is 0 Å². The van der Waals surface area contributed by atoms with Gasteiger partial charge in [-0.3, -0.25) is 0 Å². The van der Waals surface area contributed by atoms with Crippen LogP contribution in [0.25, 0.3) is 0 Å². The minimum Gasteiger partial charge on any atom is -0.494 e. The third-order valence-electron chi connectivity index (χ3n) is 3.45. The van der Waals surface area contributed by atoms with Crippen molar-refractivity contribution in [1.82, 2.24) is 10.2 Å². The first kappa shape index (κ1) is 13.4. The highest BCUT2D eigenvalue weighted by molar-refractivity contribution is 7.15. The molecule has 1 aliphatic heterocycles. The molecule has 0 unspecified atom stereocenters. The van der Waals surface area contributed by atoms with Crippen LogP contribution in [-0.4, -0.2) is 23.3 Å². The molecule has 0 saturated carbocycles. The van der Waals surface area contributed by atoms with Gasteiger partial charge >= 0.3 is 0 Å². The molecule has 106 valence electrons. The molecule has 0 atom stereocenters. The molecular formula is C15H19N3OS. The van der Waals surface area contributed by atoms with Gasteiger partial charge in [-0.2, -0.15) is 0 Å². The van der Waals surface area contributed by atoms with Crippen molar-refractivity contribution in [2.75, 3.05) is 18.1 Å². The molecular weight excluding hydrogens is 270 g/mol. The van der Waals surface area contributed by atoms with Gasteiger partial charge in [0.1, 0.15) is 10.8 Å². The zero-order chi connectivity index (χ0) is 13.9. The second-order valence-corrected chi connectivity index (χ2v) is 6.21. The second-order valence-electron chi connectivity index (χ2n) is 5.05. The van der Waals surface area contributed by atoms with E-state index < -0.39 is 0 Å². The molecule has 0 spiro atoms. The lowest BCUT2D eigenvalue weighted by Gasteiger charge is -2.28. The van der Waals surface area contributed by atoms with Crippen molar-refractivity contribution in [2.24, 2.45) is 0 Å². The van der Waals surface area contributed by atoms with E-state index in [4.69, 9.17) is 4.74 Å². The molecule has 0 aliphatic carbocycles. The predicted molar refractivity (Wildman–Crippen MR) is 81.6 cm³/mol. The summed E-state index contributed by atoms with van der Waals surface area (Å²) in [7, 11) is 0. The van der Waals surface area contributed by atoms with Crippen molar-refractivity contribution in [2.45, 2.75) is 33.2 Å². The average molecular weight is 289 g/mol. The van der Waals surface area contributed by atoms with E-state index >= 15 is 0 Å². The van der Waals surface area contributed by atoms with Crippen LogP contribution >= 0.6 is 11.3 Å². The van der Waals surface area contributed by atoms with Crippen molar-refractivity contribution in [3.05, 3.63) is 34.3 Å². The number of aromatic nitrogens is 2. The Bertz CT molecular complexity index is 597. The van der Waals surface area contributed by atoms with Crippen molar-refractivity contribution in [3.63, 3.8) is 0 Å². The third-order valence-corrected chi connectivity index (χ3v) is 4.35. The van der Waals surface area contributed by atoms with E-state index in [2.05, 4.69) is 40.2 Å². The number of fused-ring (bicyclic) bond motifs is 1. The molecule has 1 aromatic heterocycles. The molecule has 20 heavy (non-hydrogen) atoms. The molecule has 5 heteroatoms. The number of benzene rings is 1. The SMILES string of the molecule is CCCOc1ccc2c(c1)CCN(c1nnc(C)s1)C2. The fourth-order valence-electron chi connectivity index (χ4n) is 2.42. The lowest BCUT2D eigenvalue weighted by Crippen LogP contribution is -2.30. The molecule has 2 heterocycles. The van der Waals surface area contributed by atoms with Crippen LogP contribution in [0.1, 0.15) is 29.5 Å². The van der Waals surface area contributed by atoms with Gasteiger partial charge in [-0.25, -0.2) is 0 Å². The highest BCUT2D eigenvalue weighted by atomic mass is 32.1. The van der Waals surface area contributed by atoms with Gasteiger partial charge < -0.3 is 9.64 Å². The zero-order valence-corrected chi connectivity index (χ0v) is 12.7. The predicted octanol–water partition coefficient (Wildman–Crippen LogP) is 3.20. The van der Waals surface area contributed by atoms with Crippen molar-refractivity contribution >= 4 is 16.5 Å². The van der Waals surface area contributed by atoms with E-state index in [0.717, 1.165) is 48.4 Å². The summed E-state index contributed by atoms with van der Waals surface area (Å²) in [5.41, 5.74) is 2.77. The summed E-state index contributed by atoms with van der Waals surface area (Å²) in [6, 6.07) is 6.44. The van der Waals surface area contributed by atoms with Crippen LogP contribution in [-0.2, 0) is 13.0 Å². The molecule has 0 amide bonds. The van der Waals surface area contributed by atoms with Crippen LogP contribution in [0.15, 0.2) is 18.2 Å². The number of aryl methyl sites for hydroxylation is 1. The van der Waals surface area contributed by atoms with Crippen LogP contribution in [0.2, 0.25) is 0 Å². The molecule has 0 radical (unpaired) electrons. The van der Waals surface area contributed by atoms with Gasteiger partial charge in [0.05, 0.1) is 6.61 Å². The number of rotatable bonds is 4. The second kappa shape index (κ2) is 5.79. The number of hydrogen-bond donors (Lipinski definition) is 0. The van der Waals surface area contributed by atoms with Crippen LogP contribution in [0.3, 0.4) is 0 Å². The van der Waals surface area contributed by atoms with Crippen molar-refractivity contribution in [3.8, 4) is 5.75 Å². The molecule has 0 saturated heterocycles. The fraction of sp³-hybridized carbons (Fsp3) is 0.467. The monoisotopic (exact) mass is 289 g/mol. The Morgan fingerprint density at radius 1 is 1.30 bits per heavy atom. The molecule has 0 N–H and O–H groups in total. The summed E-state index contributed by atoms with van der Waals surface area (Å²) < 4.78 is 5.70. The zero-order valence-electron chi connectivity index (χ0n) is 11.9. The molecule has 2 aromatic rings. The first-order valence-corrected chi connectivity index (χ1v) is 7.87. The van der Waals surface area contributed by atoms with E-state index in [-0.39, 0.29) is 0 Å². The molecule has 1 aliphatic rings. The van der Waals surface area contributed by atoms with Crippen LogP contribution in [0.5, 0.6) is 5.75 Å². The summed E-state index contributed by atoms with van der Waals surface area (Å²) in [6.45, 7) is 6.82. The van der Waals surface area contributed by atoms with Gasteiger partial charge in [-0.15, -0.1) is 10.2 Å². The summed E-state index contributed by atoms with van der Waals surface area (Å²) in [5, 5.41) is 10.4. The van der Waals surface area contributed by atoms with Crippen molar-refractivity contribution < 1.29 is 4.74 Å². The Hall–Kier alpha value is -1.62. The minimum absolute atomic E-state index is 0.787. The Kier molecular flexibility index (Phi) is 3.87. The molecule has 4 nitrogen and oxygen atoms in total. The topological polar surface area (TPSA) is 38.2 Å². The summed E-state index contributed by atoms with van der Waals surface area (Å²) in [4.78, 5) is 2.31. The summed E-state index contributed by atoms with van der Waals surface area (Å²) in [6.07, 6.45) is 2.08.